The number of nitrogens with one attached hydrogen (secondary N) is 1. The van der Waals surface area contributed by atoms with E-state index in [9.17, 15) is 18.8 Å². The van der Waals surface area contributed by atoms with Crippen LogP contribution >= 0.6 is 0 Å². The average Bonchev–Trinajstić information content (AvgIpc) is 3.09. The fourth-order valence-corrected chi connectivity index (χ4v) is 4.46. The molecule has 1 aromatic heterocycles. The number of ether oxygens (including phenoxy) is 2. The number of hydrogen-bond acceptors (Lipinski definition) is 5. The molecule has 8 heteroatoms. The van der Waals surface area contributed by atoms with E-state index in [1.807, 2.05) is 24.3 Å². The van der Waals surface area contributed by atoms with Crippen LogP contribution in [0.15, 0.2) is 48.5 Å². The predicted octanol–water partition coefficient (Wildman–Crippen LogP) is 4.58. The minimum atomic E-state index is -0.996. The quantitative estimate of drug-likeness (QED) is 0.503. The first-order valence-electron chi connectivity index (χ1n) is 11.7. The third-order valence-corrected chi connectivity index (χ3v) is 5.86. The van der Waals surface area contributed by atoms with Gasteiger partial charge in [-0.1, -0.05) is 36.4 Å². The number of allylic oxidation sites excluding steroid dienone is 1. The van der Waals surface area contributed by atoms with Crippen LogP contribution in [0.3, 0.4) is 0 Å². The third kappa shape index (κ3) is 5.48. The van der Waals surface area contributed by atoms with Gasteiger partial charge in [0.05, 0.1) is 19.0 Å². The van der Waals surface area contributed by atoms with Gasteiger partial charge < -0.3 is 14.8 Å². The number of benzene rings is 2. The van der Waals surface area contributed by atoms with Crippen LogP contribution in [0.4, 0.5) is 9.18 Å². The van der Waals surface area contributed by atoms with Crippen LogP contribution in [-0.2, 0) is 38.3 Å². The second kappa shape index (κ2) is 9.97. The Hall–Kier alpha value is -3.94. The Balaban J connectivity index is 1.89. The van der Waals surface area contributed by atoms with Gasteiger partial charge in [0.15, 0.2) is 0 Å². The third-order valence-electron chi connectivity index (χ3n) is 5.86. The number of aromatic nitrogens is 1. The molecule has 7 nitrogen and oxygen atoms in total. The molecule has 0 saturated carbocycles. The van der Waals surface area contributed by atoms with Crippen molar-refractivity contribution in [3.05, 3.63) is 76.7 Å². The van der Waals surface area contributed by atoms with E-state index in [0.29, 0.717) is 34.3 Å². The summed E-state index contributed by atoms with van der Waals surface area (Å²) < 4.78 is 26.4. The zero-order valence-electron chi connectivity index (χ0n) is 20.8. The Labute approximate surface area is 208 Å². The highest BCUT2D eigenvalue weighted by atomic mass is 19.1. The number of esters is 1. The van der Waals surface area contributed by atoms with Crippen molar-refractivity contribution in [2.75, 3.05) is 7.11 Å². The highest BCUT2D eigenvalue weighted by Gasteiger charge is 2.28. The lowest BCUT2D eigenvalue weighted by Crippen LogP contribution is -2.43. The molecule has 1 unspecified atom stereocenters. The van der Waals surface area contributed by atoms with Gasteiger partial charge in [0, 0.05) is 23.9 Å². The van der Waals surface area contributed by atoms with E-state index in [4.69, 9.17) is 9.47 Å². The Bertz CT molecular complexity index is 1370. The molecule has 0 aliphatic carbocycles. The lowest BCUT2D eigenvalue weighted by Gasteiger charge is -2.21. The van der Waals surface area contributed by atoms with Crippen molar-refractivity contribution in [3.63, 3.8) is 0 Å². The molecule has 1 amide bonds. The first kappa shape index (κ1) is 25.2. The number of amides is 1. The molecule has 36 heavy (non-hydrogen) atoms. The van der Waals surface area contributed by atoms with E-state index in [2.05, 4.69) is 5.32 Å². The van der Waals surface area contributed by atoms with Gasteiger partial charge in [-0.05, 0) is 55.7 Å². The summed E-state index contributed by atoms with van der Waals surface area (Å²) in [7, 11) is 1.24. The highest BCUT2D eigenvalue weighted by molar-refractivity contribution is 5.97. The van der Waals surface area contributed by atoms with Gasteiger partial charge >= 0.3 is 12.1 Å². The van der Waals surface area contributed by atoms with Gasteiger partial charge in [0.25, 0.3) is 0 Å². The van der Waals surface area contributed by atoms with Crippen LogP contribution in [-0.4, -0.2) is 41.3 Å². The van der Waals surface area contributed by atoms with Crippen molar-refractivity contribution in [2.24, 2.45) is 0 Å². The molecule has 1 atom stereocenters. The molecule has 4 rings (SSSR count). The Morgan fingerprint density at radius 2 is 1.89 bits per heavy atom. The first-order valence-corrected chi connectivity index (χ1v) is 11.7. The molecule has 1 aliphatic heterocycles. The molecule has 3 aromatic rings. The largest absolute Gasteiger partial charge is 0.467 e. The predicted molar refractivity (Wildman–Crippen MR) is 134 cm³/mol. The second-order valence-corrected chi connectivity index (χ2v) is 9.78. The van der Waals surface area contributed by atoms with Crippen LogP contribution in [0.5, 0.6) is 0 Å². The molecule has 1 N–H and O–H groups in total. The van der Waals surface area contributed by atoms with Gasteiger partial charge in [-0.3, -0.25) is 4.79 Å². The number of para-hydroxylation sites is 1. The fraction of sp³-hybridized carbons (Fsp3) is 0.321. The summed E-state index contributed by atoms with van der Waals surface area (Å²) in [6.45, 7) is 5.36. The smallest absolute Gasteiger partial charge is 0.419 e. The standard InChI is InChI=1S/C28H29FN2O5/c1-28(2,3)36-27(34)31-23-10-6-5-9-20(23)21-16-25(32)30-22(26(33)35-4)15-18-12-17(13-19(29)14-18)8-7-11-24(21)31/h5-10,12-14,22H,11,15-16H2,1-4H3,(H,30,32). The summed E-state index contributed by atoms with van der Waals surface area (Å²) in [6, 6.07) is 10.8. The maximum Gasteiger partial charge on any atom is 0.419 e. The lowest BCUT2D eigenvalue weighted by atomic mass is 10.0. The average molecular weight is 493 g/mol. The summed E-state index contributed by atoms with van der Waals surface area (Å²) in [5, 5.41) is 3.47. The van der Waals surface area contributed by atoms with Crippen molar-refractivity contribution >= 4 is 34.9 Å². The Kier molecular flexibility index (Phi) is 6.97. The minimum absolute atomic E-state index is 0.0705. The molecule has 2 bridgehead atoms. The molecule has 2 heterocycles. The van der Waals surface area contributed by atoms with Crippen LogP contribution in [0.2, 0.25) is 0 Å². The molecule has 1 aliphatic rings. The van der Waals surface area contributed by atoms with Crippen LogP contribution in [0.25, 0.3) is 17.0 Å². The highest BCUT2D eigenvalue weighted by Crippen LogP contribution is 2.29. The Morgan fingerprint density at radius 3 is 2.61 bits per heavy atom. The second-order valence-electron chi connectivity index (χ2n) is 9.78. The van der Waals surface area contributed by atoms with Gasteiger partial charge in [-0.25, -0.2) is 18.5 Å². The molecular formula is C28H29FN2O5. The van der Waals surface area contributed by atoms with E-state index < -0.39 is 35.4 Å². The van der Waals surface area contributed by atoms with E-state index in [-0.39, 0.29) is 12.8 Å². The summed E-state index contributed by atoms with van der Waals surface area (Å²) in [5.74, 6) is -1.50. The van der Waals surface area contributed by atoms with E-state index in [1.165, 1.54) is 23.8 Å². The topological polar surface area (TPSA) is 86.6 Å². The number of fused-ring (bicyclic) bond motifs is 5. The molecule has 0 radical (unpaired) electrons. The maximum absolute atomic E-state index is 14.3. The number of carbonyl (C=O) groups excluding carboxylic acids is 3. The lowest BCUT2D eigenvalue weighted by molar-refractivity contribution is -0.145. The molecule has 0 spiro atoms. The fourth-order valence-electron chi connectivity index (χ4n) is 4.46. The molecule has 0 saturated heterocycles. The number of halogens is 1. The van der Waals surface area contributed by atoms with Crippen molar-refractivity contribution in [1.82, 2.24) is 9.88 Å². The summed E-state index contributed by atoms with van der Waals surface area (Å²) in [5.41, 5.74) is 2.27. The van der Waals surface area contributed by atoms with Crippen LogP contribution in [0.1, 0.15) is 43.2 Å². The number of rotatable bonds is 1. The summed E-state index contributed by atoms with van der Waals surface area (Å²) >= 11 is 0. The van der Waals surface area contributed by atoms with E-state index in [0.717, 1.165) is 5.39 Å². The van der Waals surface area contributed by atoms with Gasteiger partial charge in [-0.15, -0.1) is 0 Å². The number of hydrogen-bond donors (Lipinski definition) is 1. The van der Waals surface area contributed by atoms with Crippen molar-refractivity contribution < 1.29 is 28.2 Å². The van der Waals surface area contributed by atoms with Gasteiger partial charge in [0.2, 0.25) is 5.91 Å². The van der Waals surface area contributed by atoms with Crippen LogP contribution < -0.4 is 5.32 Å². The zero-order chi connectivity index (χ0) is 26.0. The molecular weight excluding hydrogens is 463 g/mol. The number of nitrogens with zero attached hydrogens (tertiary/aromatic N) is 1. The molecule has 2 aromatic carbocycles. The minimum Gasteiger partial charge on any atom is -0.467 e. The van der Waals surface area contributed by atoms with Gasteiger partial charge in [0.1, 0.15) is 17.5 Å². The summed E-state index contributed by atoms with van der Waals surface area (Å²) in [4.78, 5) is 38.9. The monoisotopic (exact) mass is 492 g/mol. The molecule has 0 fully saturated rings. The SMILES string of the molecule is COC(=O)C1Cc2cc(F)cc(c2)C=CCc2c(c3ccccc3n2C(=O)OC(C)(C)C)CC(=O)N1. The summed E-state index contributed by atoms with van der Waals surface area (Å²) in [6.07, 6.45) is 3.32. The maximum atomic E-state index is 14.3. The number of carbonyl (C=O) groups is 3. The normalized spacial score (nSPS) is 16.2. The van der Waals surface area contributed by atoms with E-state index >= 15 is 0 Å². The van der Waals surface area contributed by atoms with Crippen LogP contribution in [0, 0.1) is 5.82 Å². The van der Waals surface area contributed by atoms with Crippen molar-refractivity contribution in [2.45, 2.75) is 51.7 Å². The van der Waals surface area contributed by atoms with Gasteiger partial charge in [-0.2, -0.15) is 0 Å². The van der Waals surface area contributed by atoms with Crippen molar-refractivity contribution in [1.29, 1.82) is 0 Å². The molecule has 188 valence electrons. The number of methoxy groups -OCH3 is 1. The van der Waals surface area contributed by atoms with Crippen molar-refractivity contribution in [3.8, 4) is 0 Å². The van der Waals surface area contributed by atoms with E-state index in [1.54, 1.807) is 39.0 Å². The first-order chi connectivity index (χ1) is 17.1. The zero-order valence-corrected chi connectivity index (χ0v) is 20.8. The Morgan fingerprint density at radius 1 is 1.14 bits per heavy atom.